The minimum atomic E-state index is -0.259. The van der Waals surface area contributed by atoms with Crippen molar-refractivity contribution in [3.05, 3.63) is 52.8 Å². The fourth-order valence-corrected chi connectivity index (χ4v) is 4.52. The molecule has 2 aromatic heterocycles. The van der Waals surface area contributed by atoms with E-state index in [1.165, 1.54) is 17.4 Å². The average Bonchev–Trinajstić information content (AvgIpc) is 3.27. The number of nitrogens with two attached hydrogens (primary N) is 1. The lowest BCUT2D eigenvalue weighted by Gasteiger charge is -2.33. The summed E-state index contributed by atoms with van der Waals surface area (Å²) in [5.41, 5.74) is 7.74. The summed E-state index contributed by atoms with van der Waals surface area (Å²) >= 11 is 7.64. The molecule has 1 saturated heterocycles. The number of carbonyl (C=O) groups is 2. The van der Waals surface area contributed by atoms with Crippen LogP contribution in [0.5, 0.6) is 0 Å². The van der Waals surface area contributed by atoms with Crippen LogP contribution >= 0.6 is 22.9 Å². The number of anilines is 2. The second kappa shape index (κ2) is 8.26. The molecule has 0 aliphatic carbocycles. The molecule has 1 fully saturated rings. The van der Waals surface area contributed by atoms with Gasteiger partial charge < -0.3 is 16.0 Å². The van der Waals surface area contributed by atoms with Gasteiger partial charge in [-0.1, -0.05) is 23.7 Å². The second-order valence-electron chi connectivity index (χ2n) is 6.85. The summed E-state index contributed by atoms with van der Waals surface area (Å²) < 4.78 is 1.84. The van der Waals surface area contributed by atoms with Gasteiger partial charge in [-0.15, -0.1) is 11.3 Å². The first-order valence-electron chi connectivity index (χ1n) is 9.26. The van der Waals surface area contributed by atoms with Gasteiger partial charge >= 0.3 is 0 Å². The van der Waals surface area contributed by atoms with Gasteiger partial charge in [0.25, 0.3) is 0 Å². The van der Waals surface area contributed by atoms with Gasteiger partial charge in [0.05, 0.1) is 17.1 Å². The number of imidazole rings is 1. The lowest BCUT2D eigenvalue weighted by atomic mass is 9.96. The van der Waals surface area contributed by atoms with Crippen LogP contribution in [-0.4, -0.2) is 34.3 Å². The number of carbonyl (C=O) groups excluding carboxylic acids is 2. The van der Waals surface area contributed by atoms with Gasteiger partial charge in [-0.25, -0.2) is 4.98 Å². The van der Waals surface area contributed by atoms with Gasteiger partial charge in [-0.2, -0.15) is 0 Å². The molecule has 9 heteroatoms. The maximum Gasteiger partial charge on any atom is 0.248 e. The first kappa shape index (κ1) is 19.5. The van der Waals surface area contributed by atoms with Crippen molar-refractivity contribution in [2.45, 2.75) is 12.8 Å². The first-order chi connectivity index (χ1) is 14.0. The molecule has 150 valence electrons. The zero-order chi connectivity index (χ0) is 20.4. The maximum absolute atomic E-state index is 12.5. The fourth-order valence-electron chi connectivity index (χ4n) is 3.51. The van der Waals surface area contributed by atoms with Crippen molar-refractivity contribution in [1.29, 1.82) is 0 Å². The van der Waals surface area contributed by atoms with Gasteiger partial charge in [0.1, 0.15) is 0 Å². The molecule has 7 nitrogen and oxygen atoms in total. The van der Waals surface area contributed by atoms with E-state index in [0.717, 1.165) is 29.4 Å². The molecule has 0 bridgehead atoms. The molecule has 0 saturated carbocycles. The van der Waals surface area contributed by atoms with Crippen LogP contribution in [0.2, 0.25) is 5.15 Å². The van der Waals surface area contributed by atoms with Gasteiger partial charge in [0, 0.05) is 36.7 Å². The van der Waals surface area contributed by atoms with Gasteiger partial charge in [0.2, 0.25) is 11.8 Å². The van der Waals surface area contributed by atoms with Crippen molar-refractivity contribution < 1.29 is 9.59 Å². The highest BCUT2D eigenvalue weighted by Gasteiger charge is 2.24. The summed E-state index contributed by atoms with van der Waals surface area (Å²) in [5, 5.41) is 5.21. The number of benzene rings is 1. The highest BCUT2D eigenvalue weighted by atomic mass is 35.5. The van der Waals surface area contributed by atoms with Crippen LogP contribution in [0.15, 0.2) is 41.9 Å². The standard InChI is InChI=1S/C20H20ClN5O2S/c21-18-16(26-11-12-29-20(26)24-18)5-6-17(27)23-14-3-1-2-4-15(14)25-9-7-13(8-10-25)19(22)28/h1-6,11-13H,7-10H2,(H2,22,28)(H,23,27)/b6-5+. The predicted octanol–water partition coefficient (Wildman–Crippen LogP) is 3.40. The van der Waals surface area contributed by atoms with E-state index < -0.39 is 0 Å². The summed E-state index contributed by atoms with van der Waals surface area (Å²) in [6.45, 7) is 1.44. The second-order valence-corrected chi connectivity index (χ2v) is 8.08. The van der Waals surface area contributed by atoms with Crippen LogP contribution in [0.25, 0.3) is 11.0 Å². The number of halogens is 1. The van der Waals surface area contributed by atoms with Crippen LogP contribution in [-0.2, 0) is 9.59 Å². The van der Waals surface area contributed by atoms with Gasteiger partial charge in [-0.3, -0.25) is 14.0 Å². The molecule has 3 N–H and O–H groups in total. The molecule has 0 unspecified atom stereocenters. The van der Waals surface area contributed by atoms with Crippen molar-refractivity contribution in [3.8, 4) is 0 Å². The monoisotopic (exact) mass is 429 g/mol. The molecule has 1 aromatic carbocycles. The zero-order valence-corrected chi connectivity index (χ0v) is 17.1. The first-order valence-corrected chi connectivity index (χ1v) is 10.5. The Kier molecular flexibility index (Phi) is 5.55. The molecular formula is C20H20ClN5O2S. The van der Waals surface area contributed by atoms with Crippen molar-refractivity contribution in [2.24, 2.45) is 11.7 Å². The molecule has 1 aliphatic rings. The number of fused-ring (bicyclic) bond motifs is 1. The smallest absolute Gasteiger partial charge is 0.248 e. The number of rotatable bonds is 5. The Bertz CT molecular complexity index is 1080. The average molecular weight is 430 g/mol. The number of piperidine rings is 1. The molecule has 4 rings (SSSR count). The number of hydrogen-bond acceptors (Lipinski definition) is 5. The lowest BCUT2D eigenvalue weighted by molar-refractivity contribution is -0.122. The summed E-state index contributed by atoms with van der Waals surface area (Å²) in [7, 11) is 0. The highest BCUT2D eigenvalue weighted by molar-refractivity contribution is 7.15. The van der Waals surface area contributed by atoms with Crippen LogP contribution in [0.1, 0.15) is 18.5 Å². The van der Waals surface area contributed by atoms with Crippen molar-refractivity contribution in [2.75, 3.05) is 23.3 Å². The topological polar surface area (TPSA) is 92.7 Å². The third-order valence-corrected chi connectivity index (χ3v) is 6.08. The van der Waals surface area contributed by atoms with Crippen LogP contribution in [0, 0.1) is 5.92 Å². The summed E-state index contributed by atoms with van der Waals surface area (Å²) in [5.74, 6) is -0.578. The molecule has 1 aliphatic heterocycles. The minimum Gasteiger partial charge on any atom is -0.370 e. The van der Waals surface area contributed by atoms with Crippen molar-refractivity contribution in [3.63, 3.8) is 0 Å². The number of aromatic nitrogens is 2. The highest BCUT2D eigenvalue weighted by Crippen LogP contribution is 2.30. The SMILES string of the molecule is NC(=O)C1CCN(c2ccccc2NC(=O)/C=C/c2c(Cl)nc3sccn23)CC1. The quantitative estimate of drug-likeness (QED) is 0.608. The van der Waals surface area contributed by atoms with E-state index >= 15 is 0 Å². The Labute approximate surface area is 176 Å². The number of nitrogens with one attached hydrogen (secondary N) is 1. The number of para-hydroxylation sites is 2. The molecule has 3 heterocycles. The Morgan fingerprint density at radius 1 is 1.28 bits per heavy atom. The number of thiazole rings is 1. The zero-order valence-electron chi connectivity index (χ0n) is 15.5. The molecular weight excluding hydrogens is 410 g/mol. The van der Waals surface area contributed by atoms with Crippen LogP contribution < -0.4 is 16.0 Å². The molecule has 0 atom stereocenters. The molecule has 0 radical (unpaired) electrons. The third-order valence-electron chi connectivity index (χ3n) is 5.05. The van der Waals surface area contributed by atoms with E-state index in [2.05, 4.69) is 15.2 Å². The summed E-state index contributed by atoms with van der Waals surface area (Å²) in [4.78, 5) is 31.1. The number of amides is 2. The minimum absolute atomic E-state index is 0.0784. The molecule has 2 amide bonds. The van der Waals surface area contributed by atoms with E-state index in [1.807, 2.05) is 40.2 Å². The Hall–Kier alpha value is -2.84. The summed E-state index contributed by atoms with van der Waals surface area (Å²) in [6, 6.07) is 7.64. The van der Waals surface area contributed by atoms with Crippen LogP contribution in [0.4, 0.5) is 11.4 Å². The largest absolute Gasteiger partial charge is 0.370 e. The summed E-state index contributed by atoms with van der Waals surface area (Å²) in [6.07, 6.45) is 6.40. The van der Waals surface area contributed by atoms with E-state index in [-0.39, 0.29) is 17.7 Å². The Morgan fingerprint density at radius 3 is 2.79 bits per heavy atom. The number of primary amides is 1. The van der Waals surface area contributed by atoms with E-state index in [1.54, 1.807) is 6.08 Å². The van der Waals surface area contributed by atoms with E-state index in [4.69, 9.17) is 17.3 Å². The molecule has 29 heavy (non-hydrogen) atoms. The molecule has 0 spiro atoms. The number of hydrogen-bond donors (Lipinski definition) is 2. The lowest BCUT2D eigenvalue weighted by Crippen LogP contribution is -2.38. The van der Waals surface area contributed by atoms with Crippen LogP contribution in [0.3, 0.4) is 0 Å². The Morgan fingerprint density at radius 2 is 2.03 bits per heavy atom. The van der Waals surface area contributed by atoms with Gasteiger partial charge in [-0.05, 0) is 31.1 Å². The van der Waals surface area contributed by atoms with E-state index in [9.17, 15) is 9.59 Å². The predicted molar refractivity (Wildman–Crippen MR) is 116 cm³/mol. The molecule has 3 aromatic rings. The van der Waals surface area contributed by atoms with E-state index in [0.29, 0.717) is 23.7 Å². The van der Waals surface area contributed by atoms with Crippen molar-refractivity contribution >= 4 is 57.2 Å². The van der Waals surface area contributed by atoms with Crippen molar-refractivity contribution in [1.82, 2.24) is 9.38 Å². The van der Waals surface area contributed by atoms with Gasteiger partial charge in [0.15, 0.2) is 10.1 Å². The fraction of sp³-hybridized carbons (Fsp3) is 0.250. The maximum atomic E-state index is 12.5. The number of nitrogens with zero attached hydrogens (tertiary/aromatic N) is 3. The third kappa shape index (κ3) is 4.13. The Balaban J connectivity index is 1.47. The normalized spacial score (nSPS) is 15.3.